The van der Waals surface area contributed by atoms with Crippen molar-refractivity contribution in [2.24, 2.45) is 11.0 Å². The number of aromatic nitrogens is 2. The highest BCUT2D eigenvalue weighted by Gasteiger charge is 2.46. The molecular formula is C20H25N5O5. The van der Waals surface area contributed by atoms with E-state index in [0.29, 0.717) is 26.0 Å². The molecule has 3 rings (SSSR count). The third kappa shape index (κ3) is 5.17. The average Bonchev–Trinajstić information content (AvgIpc) is 3.03. The van der Waals surface area contributed by atoms with Crippen LogP contribution in [0.2, 0.25) is 0 Å². The van der Waals surface area contributed by atoms with Crippen molar-refractivity contribution >= 4 is 0 Å². The monoisotopic (exact) mass is 415 g/mol. The van der Waals surface area contributed by atoms with Gasteiger partial charge in [-0.15, -0.1) is 0 Å². The Morgan fingerprint density at radius 2 is 2.10 bits per heavy atom. The predicted molar refractivity (Wildman–Crippen MR) is 109 cm³/mol. The number of aliphatic hydroxyl groups excluding tert-OH is 1. The summed E-state index contributed by atoms with van der Waals surface area (Å²) >= 11 is 0. The fourth-order valence-electron chi connectivity index (χ4n) is 3.62. The van der Waals surface area contributed by atoms with Crippen molar-refractivity contribution in [2.45, 2.75) is 50.9 Å². The molecule has 30 heavy (non-hydrogen) atoms. The fourth-order valence-corrected chi connectivity index (χ4v) is 3.62. The van der Waals surface area contributed by atoms with Gasteiger partial charge in [-0.2, -0.15) is 0 Å². The summed E-state index contributed by atoms with van der Waals surface area (Å²) in [5, 5.41) is 14.4. The van der Waals surface area contributed by atoms with Crippen LogP contribution in [0.4, 0.5) is 0 Å². The van der Waals surface area contributed by atoms with E-state index >= 15 is 0 Å². The van der Waals surface area contributed by atoms with Crippen LogP contribution >= 0.6 is 0 Å². The molecule has 0 bridgehead atoms. The van der Waals surface area contributed by atoms with E-state index in [-0.39, 0.29) is 0 Å². The quantitative estimate of drug-likeness (QED) is 0.279. The van der Waals surface area contributed by atoms with Gasteiger partial charge < -0.3 is 14.6 Å². The van der Waals surface area contributed by atoms with E-state index in [0.717, 1.165) is 5.56 Å². The molecule has 1 saturated heterocycles. The van der Waals surface area contributed by atoms with Gasteiger partial charge in [0.15, 0.2) is 0 Å². The van der Waals surface area contributed by atoms with Crippen LogP contribution < -0.4 is 11.2 Å². The Balaban J connectivity index is 1.77. The van der Waals surface area contributed by atoms with E-state index in [9.17, 15) is 14.7 Å². The molecule has 5 atom stereocenters. The number of azide groups is 1. The minimum atomic E-state index is -0.880. The fraction of sp³-hybridized carbons (Fsp3) is 0.500. The summed E-state index contributed by atoms with van der Waals surface area (Å²) in [6.07, 6.45) is -0.345. The molecule has 0 aliphatic carbocycles. The third-order valence-corrected chi connectivity index (χ3v) is 5.23. The van der Waals surface area contributed by atoms with Crippen LogP contribution in [0.25, 0.3) is 10.4 Å². The van der Waals surface area contributed by atoms with Crippen LogP contribution in [0.5, 0.6) is 0 Å². The standard InChI is InChI=1S/C20H25N5O5/c1-13-17(27)18(30-19(13)25-11-9-16(26)23-20(25)28)15(8-5-10-22-24-21)29-12-14-6-3-2-4-7-14/h2-4,6-7,9,11,13,15,17-19,27H,5,8,10,12H2,1H3,(H,23,26,28)/t13?,15-,17-,18-,19-/m1/s1. The first-order chi connectivity index (χ1) is 14.5. The van der Waals surface area contributed by atoms with Gasteiger partial charge in [0, 0.05) is 29.6 Å². The molecule has 1 aliphatic heterocycles. The van der Waals surface area contributed by atoms with E-state index in [4.69, 9.17) is 15.0 Å². The molecule has 2 heterocycles. The SMILES string of the molecule is CC1[C@@H](O)[C@@H]([C@@H](CCCN=[N+]=[N-])OCc2ccccc2)O[C@H]1n1ccc(=O)[nH]c1=O. The van der Waals surface area contributed by atoms with E-state index in [1.165, 1.54) is 16.8 Å². The molecule has 1 fully saturated rings. The Labute approximate surface area is 172 Å². The Morgan fingerprint density at radius 1 is 1.33 bits per heavy atom. The third-order valence-electron chi connectivity index (χ3n) is 5.23. The van der Waals surface area contributed by atoms with Gasteiger partial charge in [0.05, 0.1) is 18.8 Å². The van der Waals surface area contributed by atoms with Crippen LogP contribution in [0.15, 0.2) is 57.3 Å². The van der Waals surface area contributed by atoms with Gasteiger partial charge in [-0.05, 0) is 23.9 Å². The Bertz CT molecular complexity index is 985. The maximum absolute atomic E-state index is 12.2. The first-order valence-corrected chi connectivity index (χ1v) is 9.82. The molecule has 1 aromatic heterocycles. The van der Waals surface area contributed by atoms with Gasteiger partial charge in [-0.25, -0.2) is 4.79 Å². The molecule has 0 radical (unpaired) electrons. The van der Waals surface area contributed by atoms with Crippen LogP contribution in [0, 0.1) is 5.92 Å². The van der Waals surface area contributed by atoms with Crippen molar-refractivity contribution in [3.63, 3.8) is 0 Å². The summed E-state index contributed by atoms with van der Waals surface area (Å²) in [6, 6.07) is 10.9. The van der Waals surface area contributed by atoms with Crippen LogP contribution in [0.3, 0.4) is 0 Å². The maximum atomic E-state index is 12.2. The highest BCUT2D eigenvalue weighted by molar-refractivity contribution is 5.13. The number of aliphatic hydroxyl groups is 1. The molecule has 160 valence electrons. The van der Waals surface area contributed by atoms with E-state index in [1.807, 2.05) is 30.3 Å². The average molecular weight is 415 g/mol. The number of ether oxygens (including phenoxy) is 2. The highest BCUT2D eigenvalue weighted by atomic mass is 16.6. The molecule has 2 aromatic rings. The summed E-state index contributed by atoms with van der Waals surface area (Å²) in [4.78, 5) is 28.5. The Hall–Kier alpha value is -2.91. The maximum Gasteiger partial charge on any atom is 0.330 e. The number of nitrogens with one attached hydrogen (secondary N) is 1. The van der Waals surface area contributed by atoms with E-state index < -0.39 is 41.7 Å². The summed E-state index contributed by atoms with van der Waals surface area (Å²) in [7, 11) is 0. The number of benzene rings is 1. The van der Waals surface area contributed by atoms with Crippen molar-refractivity contribution in [1.29, 1.82) is 0 Å². The Morgan fingerprint density at radius 3 is 2.80 bits per heavy atom. The number of H-pyrrole nitrogens is 1. The van der Waals surface area contributed by atoms with Gasteiger partial charge in [0.25, 0.3) is 5.56 Å². The van der Waals surface area contributed by atoms with Crippen LogP contribution in [0.1, 0.15) is 31.6 Å². The van der Waals surface area contributed by atoms with Crippen LogP contribution in [-0.2, 0) is 16.1 Å². The molecule has 10 nitrogen and oxygen atoms in total. The molecule has 1 unspecified atom stereocenters. The molecule has 10 heteroatoms. The number of hydrogen-bond acceptors (Lipinski definition) is 6. The van der Waals surface area contributed by atoms with Crippen LogP contribution in [-0.4, -0.2) is 39.5 Å². The predicted octanol–water partition coefficient (Wildman–Crippen LogP) is 2.11. The van der Waals surface area contributed by atoms with Crippen molar-refractivity contribution in [3.05, 3.63) is 79.4 Å². The van der Waals surface area contributed by atoms with Crippen molar-refractivity contribution in [3.8, 4) is 0 Å². The Kier molecular flexibility index (Phi) is 7.42. The summed E-state index contributed by atoms with van der Waals surface area (Å²) in [5.74, 6) is -0.404. The lowest BCUT2D eigenvalue weighted by molar-refractivity contribution is -0.115. The second-order valence-electron chi connectivity index (χ2n) is 7.29. The summed E-state index contributed by atoms with van der Waals surface area (Å²) in [5.41, 5.74) is 8.36. The largest absolute Gasteiger partial charge is 0.390 e. The molecule has 1 aliphatic rings. The number of nitrogens with zero attached hydrogens (tertiary/aromatic N) is 4. The highest BCUT2D eigenvalue weighted by Crippen LogP contribution is 2.36. The molecule has 0 amide bonds. The van der Waals surface area contributed by atoms with Crippen molar-refractivity contribution in [2.75, 3.05) is 6.54 Å². The van der Waals surface area contributed by atoms with Gasteiger partial charge in [-0.1, -0.05) is 42.4 Å². The zero-order valence-electron chi connectivity index (χ0n) is 16.6. The number of hydrogen-bond donors (Lipinski definition) is 2. The molecule has 2 N–H and O–H groups in total. The molecular weight excluding hydrogens is 390 g/mol. The summed E-state index contributed by atoms with van der Waals surface area (Å²) < 4.78 is 13.4. The zero-order chi connectivity index (χ0) is 21.5. The smallest absolute Gasteiger partial charge is 0.330 e. The minimum Gasteiger partial charge on any atom is -0.390 e. The second-order valence-corrected chi connectivity index (χ2v) is 7.29. The van der Waals surface area contributed by atoms with Crippen molar-refractivity contribution < 1.29 is 14.6 Å². The van der Waals surface area contributed by atoms with Gasteiger partial charge in [-0.3, -0.25) is 14.3 Å². The first kappa shape index (κ1) is 21.8. The minimum absolute atomic E-state index is 0.308. The number of rotatable bonds is 9. The zero-order valence-corrected chi connectivity index (χ0v) is 16.6. The lowest BCUT2D eigenvalue weighted by Gasteiger charge is -2.26. The molecule has 0 spiro atoms. The van der Waals surface area contributed by atoms with E-state index in [2.05, 4.69) is 15.0 Å². The topological polar surface area (TPSA) is 142 Å². The van der Waals surface area contributed by atoms with Crippen molar-refractivity contribution in [1.82, 2.24) is 9.55 Å². The molecule has 1 aromatic carbocycles. The van der Waals surface area contributed by atoms with E-state index in [1.54, 1.807) is 6.92 Å². The lowest BCUT2D eigenvalue weighted by Crippen LogP contribution is -2.38. The lowest BCUT2D eigenvalue weighted by atomic mass is 9.96. The molecule has 0 saturated carbocycles. The normalized spacial score (nSPS) is 24.3. The first-order valence-electron chi connectivity index (χ1n) is 9.82. The van der Waals surface area contributed by atoms with Gasteiger partial charge >= 0.3 is 5.69 Å². The van der Waals surface area contributed by atoms with Gasteiger partial charge in [0.2, 0.25) is 0 Å². The number of aromatic amines is 1. The second kappa shape index (κ2) is 10.2. The summed E-state index contributed by atoms with van der Waals surface area (Å²) in [6.45, 7) is 2.42. The van der Waals surface area contributed by atoms with Gasteiger partial charge in [0.1, 0.15) is 12.3 Å².